The third-order valence-corrected chi connectivity index (χ3v) is 25.8. The van der Waals surface area contributed by atoms with Crippen molar-refractivity contribution in [3.8, 4) is 0 Å². The van der Waals surface area contributed by atoms with Crippen molar-refractivity contribution in [1.29, 1.82) is 0 Å². The predicted octanol–water partition coefficient (Wildman–Crippen LogP) is 3.19. The topological polar surface area (TPSA) is 417 Å². The summed E-state index contributed by atoms with van der Waals surface area (Å²) < 4.78 is 303. The number of nitrogens with one attached hydrogen (secondary N) is 1. The summed E-state index contributed by atoms with van der Waals surface area (Å²) in [6.07, 6.45) is -31.5. The lowest BCUT2D eigenvalue weighted by Gasteiger charge is -2.39. The van der Waals surface area contributed by atoms with Gasteiger partial charge in [0.15, 0.2) is 93.1 Å². The Bertz CT molecular complexity index is 4980. The van der Waals surface area contributed by atoms with Crippen LogP contribution >= 0.6 is 47.0 Å². The summed E-state index contributed by atoms with van der Waals surface area (Å²) in [7, 11) is 1.32. The van der Waals surface area contributed by atoms with Crippen LogP contribution in [0.25, 0.3) is 16.7 Å². The van der Waals surface area contributed by atoms with E-state index in [1.54, 1.807) is 0 Å². The zero-order valence-electron chi connectivity index (χ0n) is 58.2. The summed E-state index contributed by atoms with van der Waals surface area (Å²) >= 11 is -1.42. The van der Waals surface area contributed by atoms with Crippen molar-refractivity contribution in [3.63, 3.8) is 0 Å². The number of ether oxygens (including phenoxy) is 4. The Morgan fingerprint density at radius 3 is 1.00 bits per heavy atom. The van der Waals surface area contributed by atoms with Crippen LogP contribution in [0.2, 0.25) is 0 Å². The lowest BCUT2D eigenvalue weighted by molar-refractivity contribution is -0.205. The maximum Gasteiger partial charge on any atom is 0.176 e. The fourth-order valence-corrected chi connectivity index (χ4v) is 19.4. The molecule has 25 nitrogen and oxygen atoms in total. The molecule has 9 aliphatic rings. The van der Waals surface area contributed by atoms with Crippen LogP contribution in [0.15, 0.2) is 88.1 Å². The number of aliphatic hydroxyl groups excluding tert-OH is 16. The average molecular weight is 1740 g/mol. The van der Waals surface area contributed by atoms with Gasteiger partial charge in [0.25, 0.3) is 0 Å². The zero-order chi connectivity index (χ0) is 84.0. The zero-order valence-corrected chi connectivity index (χ0v) is 61.5. The molecule has 0 radical (unpaired) electrons. The van der Waals surface area contributed by atoms with Crippen LogP contribution in [0.5, 0.6) is 0 Å². The largest absolute Gasteiger partial charge is 0.394 e. The highest BCUT2D eigenvalue weighted by Crippen LogP contribution is 2.53. The van der Waals surface area contributed by atoms with Gasteiger partial charge >= 0.3 is 0 Å². The molecule has 45 heteroatoms. The molecule has 3 unspecified atom stereocenters. The Kier molecular flexibility index (Phi) is 24.4. The van der Waals surface area contributed by atoms with Crippen molar-refractivity contribution < 1.29 is 171 Å². The van der Waals surface area contributed by atoms with Crippen LogP contribution < -0.4 is 0 Å². The number of nitrogens with zero attached hydrogens (tertiary/aromatic N) is 4. The van der Waals surface area contributed by atoms with Gasteiger partial charge in [0.1, 0.15) is 119 Å². The fraction of sp³-hybridized carbons (Fsp3) is 0.423. The van der Waals surface area contributed by atoms with Crippen LogP contribution in [0.3, 0.4) is 0 Å². The molecular formula is C71H61F16N5O20S4. The highest BCUT2D eigenvalue weighted by molar-refractivity contribution is 8.00. The Balaban J connectivity index is 1.06. The summed E-state index contributed by atoms with van der Waals surface area (Å²) in [5.74, 6) is -44.9. The third-order valence-electron chi connectivity index (χ3n) is 20.9. The SMILES string of the molecule is CN1CC2C3=NC(=C(c4c(F)c(F)c(S[C@@H]5O[C@H](CO)[C@@H](O)[C@H](O)[C@H]5O)c(F)c4F)C4=NC(=C(c5c(F)c(F)c(S[C@@H]6O[C@H](CO)[C@@H](O)[C@H](O)[C@H]6O)c(F)c5F)c5ccc([nH]5)C(c5c(F)c(F)c(S[C@@H]6O[C@H](CO)[C@@H](O)[C@H](O)[C@H]6O)c(F)c5F)=C5C=CC(=N5)C3c3c(F)c(F)c(S[C@@H]5O[C@H](CO)[C@@H](O)[C@H](O)[C@H]5O)c(F)c3F)C=C4)C2C1. The second-order valence-corrected chi connectivity index (χ2v) is 32.2. The molecule has 0 spiro atoms. The molecule has 14 rings (SSSR count). The number of hydrogen-bond acceptors (Lipinski definition) is 28. The van der Waals surface area contributed by atoms with Crippen LogP contribution in [-0.2, 0) is 18.9 Å². The first kappa shape index (κ1) is 85.7. The molecule has 116 heavy (non-hydrogen) atoms. The van der Waals surface area contributed by atoms with Gasteiger partial charge in [-0.1, -0.05) is 47.0 Å². The van der Waals surface area contributed by atoms with Crippen molar-refractivity contribution >= 4 is 80.9 Å². The van der Waals surface area contributed by atoms with Crippen LogP contribution in [0.4, 0.5) is 70.2 Å². The molecular weight excluding hydrogens is 1680 g/mol. The fourth-order valence-electron chi connectivity index (χ4n) is 15.0. The number of aliphatic hydroxyl groups is 16. The molecule has 8 bridgehead atoms. The number of likely N-dealkylation sites (tertiary alicyclic amines) is 1. The van der Waals surface area contributed by atoms with Crippen molar-refractivity contribution in [2.24, 2.45) is 26.8 Å². The van der Waals surface area contributed by atoms with Gasteiger partial charge in [0, 0.05) is 64.3 Å². The maximum absolute atomic E-state index is 18.0. The quantitative estimate of drug-likeness (QED) is 0.0498. The lowest BCUT2D eigenvalue weighted by Crippen LogP contribution is -2.57. The Morgan fingerprint density at radius 2 is 0.664 bits per heavy atom. The summed E-state index contributed by atoms with van der Waals surface area (Å²) in [5, 5.41) is 167. The number of allylic oxidation sites excluding steroid dienone is 5. The molecule has 9 aliphatic heterocycles. The highest BCUT2D eigenvalue weighted by Gasteiger charge is 2.54. The number of halogens is 16. The van der Waals surface area contributed by atoms with Gasteiger partial charge in [0.05, 0.1) is 97.1 Å². The second-order valence-electron chi connectivity index (χ2n) is 27.8. The molecule has 0 saturated carbocycles. The number of H-pyrrole nitrogens is 1. The van der Waals surface area contributed by atoms with E-state index in [1.807, 2.05) is 0 Å². The first-order valence-electron chi connectivity index (χ1n) is 34.5. The molecule has 5 aromatic rings. The third kappa shape index (κ3) is 14.2. The number of rotatable bonds is 16. The van der Waals surface area contributed by atoms with Crippen molar-refractivity contribution in [2.75, 3.05) is 46.6 Å². The Labute approximate surface area is 657 Å². The highest BCUT2D eigenvalue weighted by atomic mass is 32.2. The minimum atomic E-state index is -2.70. The molecule has 10 heterocycles. The Hall–Kier alpha value is -6.69. The van der Waals surface area contributed by atoms with Crippen molar-refractivity contribution in [2.45, 2.75) is 145 Å². The normalized spacial score (nSPS) is 32.8. The van der Waals surface area contributed by atoms with E-state index >= 15 is 70.2 Å². The van der Waals surface area contributed by atoms with E-state index in [2.05, 4.69) is 20.0 Å². The van der Waals surface area contributed by atoms with E-state index in [0.717, 1.165) is 0 Å². The molecule has 626 valence electrons. The van der Waals surface area contributed by atoms with E-state index in [0.29, 0.717) is 36.4 Å². The number of fused-ring (bicyclic) bond motifs is 8. The minimum Gasteiger partial charge on any atom is -0.394 e. The number of aromatic amines is 1. The number of aliphatic imine (C=N–C) groups is 3. The minimum absolute atomic E-state index is 0.346. The van der Waals surface area contributed by atoms with Gasteiger partial charge in [-0.3, -0.25) is 9.98 Å². The molecule has 5 saturated heterocycles. The standard InChI is InChI=1S/C71H61F16N5O20S4/c1-92-8-14-15(9-92)51-29(33-40(78)48(86)67(49(87)41(33)79)116-71-63(108)59(104)55(100)25(13-96)112-71)21-7-5-19(90-21)27(31-36(74)44(82)65(45(83)37(31)75)114-69-61(106)57(102)53(98)23(11-94)110-69)17-3-2-16(88-17)26(30-34(72)42(80)64(43(81)35(30)73)113-68-60(105)56(101)52(97)22(10-93)109-68)18-4-6-20(89-18)28(50(14)91-51)32-38(76)46(84)66(47(85)39(32)77)115-70-62(107)58(103)54(99)24(12-95)111-70/h2-7,14-15,22-25,28,52-63,68-71,88,93-108H,8-13H2,1H3/t14?,15?,22-,23-,24-,25-,28?,52-,53-,54-,55-,56+,57+,58+,59+,60-,61-,62-,63-,68+,69+,70+,71+/m1/s1. The number of hydrogen-bond donors (Lipinski definition) is 17. The molecule has 4 aromatic carbocycles. The van der Waals surface area contributed by atoms with Gasteiger partial charge in [-0.2, -0.15) is 0 Å². The van der Waals surface area contributed by atoms with E-state index in [9.17, 15) is 81.7 Å². The summed E-state index contributed by atoms with van der Waals surface area (Å²) in [6, 6.07) is 1.28. The van der Waals surface area contributed by atoms with Gasteiger partial charge in [0.2, 0.25) is 0 Å². The number of aromatic nitrogens is 1. The Morgan fingerprint density at radius 1 is 0.362 bits per heavy atom. The smallest absolute Gasteiger partial charge is 0.176 e. The predicted molar refractivity (Wildman–Crippen MR) is 371 cm³/mol. The van der Waals surface area contributed by atoms with Gasteiger partial charge in [-0.05, 0) is 43.5 Å². The summed E-state index contributed by atoms with van der Waals surface area (Å²) in [4.78, 5) is 10.3. The van der Waals surface area contributed by atoms with E-state index < -0.39 is 374 Å². The average Bonchev–Trinajstić information content (AvgIpc) is 1.54. The molecule has 23 atom stereocenters. The van der Waals surface area contributed by atoms with E-state index in [1.165, 1.54) is 11.9 Å². The first-order chi connectivity index (χ1) is 54.9. The number of thioether (sulfide) groups is 4. The summed E-state index contributed by atoms with van der Waals surface area (Å²) in [5.41, 5.74) is -28.2. The molecule has 0 amide bonds. The van der Waals surface area contributed by atoms with E-state index in [-0.39, 0.29) is 47.0 Å². The number of benzene rings is 4. The van der Waals surface area contributed by atoms with Gasteiger partial charge in [-0.15, -0.1) is 0 Å². The molecule has 0 aliphatic carbocycles. The second kappa shape index (κ2) is 33.0. The summed E-state index contributed by atoms with van der Waals surface area (Å²) in [6.45, 7) is -5.56. The van der Waals surface area contributed by atoms with Crippen molar-refractivity contribution in [3.05, 3.63) is 180 Å². The van der Waals surface area contributed by atoms with E-state index in [4.69, 9.17) is 18.9 Å². The molecule has 17 N–H and O–H groups in total. The van der Waals surface area contributed by atoms with Gasteiger partial charge < -0.3 is 111 Å². The van der Waals surface area contributed by atoms with Crippen LogP contribution in [-0.4, -0.2) is 275 Å². The molecule has 1 aromatic heterocycles. The first-order valence-corrected chi connectivity index (χ1v) is 38.0. The van der Waals surface area contributed by atoms with Gasteiger partial charge in [-0.25, -0.2) is 75.2 Å². The van der Waals surface area contributed by atoms with Crippen molar-refractivity contribution in [1.82, 2.24) is 9.88 Å². The lowest BCUT2D eigenvalue weighted by atomic mass is 9.79. The monoisotopic (exact) mass is 1740 g/mol. The van der Waals surface area contributed by atoms with Crippen LogP contribution in [0.1, 0.15) is 39.6 Å². The van der Waals surface area contributed by atoms with Crippen LogP contribution in [0, 0.1) is 105 Å². The maximum atomic E-state index is 18.0. The molecule has 5 fully saturated rings.